The summed E-state index contributed by atoms with van der Waals surface area (Å²) in [5.41, 5.74) is 1.29. The van der Waals surface area contributed by atoms with E-state index in [4.69, 9.17) is 34.8 Å². The standard InChI is InChI=1S/C15H12Cl3F2N/c1-8(14-10(16)3-5-13(20)15(14)18)21-7-9-2-4-12(19)11(17)6-9/h2-6,8,21H,7H2,1H3. The Hall–Kier alpha value is -0.870. The Kier molecular flexibility index (Phi) is 5.44. The van der Waals surface area contributed by atoms with Gasteiger partial charge in [-0.05, 0) is 36.8 Å². The fraction of sp³-hybridized carbons (Fsp3) is 0.200. The lowest BCUT2D eigenvalue weighted by Crippen LogP contribution is -2.19. The minimum Gasteiger partial charge on any atom is -0.306 e. The van der Waals surface area contributed by atoms with Gasteiger partial charge in [0.1, 0.15) is 11.6 Å². The minimum atomic E-state index is -0.519. The molecule has 2 aromatic rings. The second kappa shape index (κ2) is 6.93. The fourth-order valence-electron chi connectivity index (χ4n) is 1.96. The van der Waals surface area contributed by atoms with E-state index in [2.05, 4.69) is 5.32 Å². The van der Waals surface area contributed by atoms with E-state index in [-0.39, 0.29) is 16.1 Å². The Morgan fingerprint density at radius 1 is 1.00 bits per heavy atom. The molecule has 0 heterocycles. The second-order valence-corrected chi connectivity index (χ2v) is 5.80. The number of hydrogen-bond acceptors (Lipinski definition) is 1. The zero-order valence-corrected chi connectivity index (χ0v) is 13.3. The van der Waals surface area contributed by atoms with Gasteiger partial charge in [0.05, 0.1) is 10.0 Å². The van der Waals surface area contributed by atoms with Crippen LogP contribution >= 0.6 is 34.8 Å². The van der Waals surface area contributed by atoms with Gasteiger partial charge in [-0.3, -0.25) is 0 Å². The number of benzene rings is 2. The largest absolute Gasteiger partial charge is 0.306 e. The molecular weight excluding hydrogens is 339 g/mol. The van der Waals surface area contributed by atoms with Gasteiger partial charge in [0.25, 0.3) is 0 Å². The SMILES string of the molecule is CC(NCc1ccc(F)c(Cl)c1)c1c(Cl)ccc(F)c1Cl. The van der Waals surface area contributed by atoms with E-state index in [1.165, 1.54) is 24.3 Å². The number of rotatable bonds is 4. The van der Waals surface area contributed by atoms with Gasteiger partial charge in [-0.15, -0.1) is 0 Å². The first-order valence-corrected chi connectivity index (χ1v) is 7.34. The molecule has 0 fully saturated rings. The lowest BCUT2D eigenvalue weighted by Gasteiger charge is -2.17. The highest BCUT2D eigenvalue weighted by molar-refractivity contribution is 6.36. The van der Waals surface area contributed by atoms with Crippen molar-refractivity contribution in [1.29, 1.82) is 0 Å². The quantitative estimate of drug-likeness (QED) is 0.690. The molecule has 2 rings (SSSR count). The molecule has 0 aliphatic carbocycles. The van der Waals surface area contributed by atoms with Crippen LogP contribution in [0.4, 0.5) is 8.78 Å². The van der Waals surface area contributed by atoms with Crippen molar-refractivity contribution in [2.45, 2.75) is 19.5 Å². The average Bonchev–Trinajstić information content (AvgIpc) is 2.44. The number of halogens is 5. The molecule has 0 amide bonds. The van der Waals surface area contributed by atoms with Gasteiger partial charge in [0, 0.05) is 23.2 Å². The van der Waals surface area contributed by atoms with Crippen molar-refractivity contribution in [3.63, 3.8) is 0 Å². The summed E-state index contributed by atoms with van der Waals surface area (Å²) in [5, 5.41) is 3.60. The molecule has 0 saturated carbocycles. The molecule has 112 valence electrons. The van der Waals surface area contributed by atoms with Crippen molar-refractivity contribution in [2.75, 3.05) is 0 Å². The van der Waals surface area contributed by atoms with E-state index in [0.29, 0.717) is 17.1 Å². The Bertz CT molecular complexity index is 662. The van der Waals surface area contributed by atoms with Crippen LogP contribution in [0.2, 0.25) is 15.1 Å². The molecule has 1 N–H and O–H groups in total. The molecule has 21 heavy (non-hydrogen) atoms. The molecule has 0 aliphatic rings. The van der Waals surface area contributed by atoms with E-state index in [9.17, 15) is 8.78 Å². The Balaban J connectivity index is 2.13. The molecule has 6 heteroatoms. The van der Waals surface area contributed by atoms with Gasteiger partial charge in [0.15, 0.2) is 0 Å². The molecule has 0 aromatic heterocycles. The van der Waals surface area contributed by atoms with E-state index in [1.54, 1.807) is 6.07 Å². The lowest BCUT2D eigenvalue weighted by atomic mass is 10.1. The molecule has 0 aliphatic heterocycles. The predicted molar refractivity (Wildman–Crippen MR) is 83.1 cm³/mol. The van der Waals surface area contributed by atoms with Gasteiger partial charge >= 0.3 is 0 Å². The molecule has 2 aromatic carbocycles. The van der Waals surface area contributed by atoms with Crippen molar-refractivity contribution >= 4 is 34.8 Å². The van der Waals surface area contributed by atoms with Gasteiger partial charge in [0.2, 0.25) is 0 Å². The van der Waals surface area contributed by atoms with Crippen LogP contribution in [0.1, 0.15) is 24.1 Å². The molecule has 1 atom stereocenters. The maximum Gasteiger partial charge on any atom is 0.142 e. The monoisotopic (exact) mass is 349 g/mol. The van der Waals surface area contributed by atoms with Crippen LogP contribution in [0.5, 0.6) is 0 Å². The summed E-state index contributed by atoms with van der Waals surface area (Å²) in [6, 6.07) is 6.86. The predicted octanol–water partition coefficient (Wildman–Crippen LogP) is 5.78. The van der Waals surface area contributed by atoms with Crippen LogP contribution in [-0.2, 0) is 6.54 Å². The first-order chi connectivity index (χ1) is 9.90. The zero-order valence-electron chi connectivity index (χ0n) is 11.1. The summed E-state index contributed by atoms with van der Waals surface area (Å²) >= 11 is 17.7. The van der Waals surface area contributed by atoms with Crippen LogP contribution in [0.25, 0.3) is 0 Å². The van der Waals surface area contributed by atoms with Crippen LogP contribution in [-0.4, -0.2) is 0 Å². The van der Waals surface area contributed by atoms with Crippen molar-refractivity contribution in [3.8, 4) is 0 Å². The molecule has 0 saturated heterocycles. The summed E-state index contributed by atoms with van der Waals surface area (Å²) in [7, 11) is 0. The summed E-state index contributed by atoms with van der Waals surface area (Å²) < 4.78 is 26.6. The smallest absolute Gasteiger partial charge is 0.142 e. The van der Waals surface area contributed by atoms with Gasteiger partial charge in [-0.1, -0.05) is 40.9 Å². The summed E-state index contributed by atoms with van der Waals surface area (Å²) in [6.07, 6.45) is 0. The van der Waals surface area contributed by atoms with E-state index >= 15 is 0 Å². The van der Waals surface area contributed by atoms with Crippen LogP contribution in [0.15, 0.2) is 30.3 Å². The Morgan fingerprint density at radius 3 is 2.33 bits per heavy atom. The van der Waals surface area contributed by atoms with E-state index in [0.717, 1.165) is 5.56 Å². The Labute approximate surface area is 136 Å². The summed E-state index contributed by atoms with van der Waals surface area (Å²) in [5.74, 6) is -0.987. The third-order valence-electron chi connectivity index (χ3n) is 3.11. The highest BCUT2D eigenvalue weighted by Gasteiger charge is 2.16. The molecular formula is C15H12Cl3F2N. The van der Waals surface area contributed by atoms with E-state index in [1.807, 2.05) is 6.92 Å². The van der Waals surface area contributed by atoms with E-state index < -0.39 is 11.6 Å². The lowest BCUT2D eigenvalue weighted by molar-refractivity contribution is 0.564. The van der Waals surface area contributed by atoms with Crippen LogP contribution in [0.3, 0.4) is 0 Å². The van der Waals surface area contributed by atoms with Gasteiger partial charge in [-0.25, -0.2) is 8.78 Å². The first-order valence-electron chi connectivity index (χ1n) is 6.21. The fourth-order valence-corrected chi connectivity index (χ4v) is 2.86. The number of hydrogen-bond donors (Lipinski definition) is 1. The highest BCUT2D eigenvalue weighted by atomic mass is 35.5. The normalized spacial score (nSPS) is 12.5. The molecule has 1 nitrogen and oxygen atoms in total. The first kappa shape index (κ1) is 16.5. The third kappa shape index (κ3) is 3.86. The average molecular weight is 351 g/mol. The third-order valence-corrected chi connectivity index (χ3v) is 4.11. The summed E-state index contributed by atoms with van der Waals surface area (Å²) in [6.45, 7) is 2.24. The zero-order chi connectivity index (χ0) is 15.6. The molecule has 0 radical (unpaired) electrons. The highest BCUT2D eigenvalue weighted by Crippen LogP contribution is 2.32. The molecule has 0 bridgehead atoms. The maximum atomic E-state index is 13.5. The molecule has 0 spiro atoms. The van der Waals surface area contributed by atoms with Crippen LogP contribution in [0, 0.1) is 11.6 Å². The maximum absolute atomic E-state index is 13.5. The second-order valence-electron chi connectivity index (χ2n) is 4.61. The van der Waals surface area contributed by atoms with Crippen molar-refractivity contribution in [1.82, 2.24) is 5.32 Å². The minimum absolute atomic E-state index is 0.000335. The van der Waals surface area contributed by atoms with Gasteiger partial charge in [-0.2, -0.15) is 0 Å². The number of nitrogens with one attached hydrogen (secondary N) is 1. The van der Waals surface area contributed by atoms with Crippen molar-refractivity contribution < 1.29 is 8.78 Å². The van der Waals surface area contributed by atoms with Crippen molar-refractivity contribution in [3.05, 3.63) is 68.2 Å². The molecule has 1 unspecified atom stereocenters. The van der Waals surface area contributed by atoms with Gasteiger partial charge < -0.3 is 5.32 Å². The van der Waals surface area contributed by atoms with Crippen molar-refractivity contribution in [2.24, 2.45) is 0 Å². The van der Waals surface area contributed by atoms with Crippen LogP contribution < -0.4 is 5.32 Å². The Morgan fingerprint density at radius 2 is 1.67 bits per heavy atom. The topological polar surface area (TPSA) is 12.0 Å². The summed E-state index contributed by atoms with van der Waals surface area (Å²) in [4.78, 5) is 0.